The molecule has 0 unspecified atom stereocenters. The zero-order chi connectivity index (χ0) is 11.5. The maximum Gasteiger partial charge on any atom is 0.140 e. The van der Waals surface area contributed by atoms with Crippen LogP contribution in [0.2, 0.25) is 5.02 Å². The van der Waals surface area contributed by atoms with Crippen LogP contribution in [0.4, 0.5) is 4.39 Å². The molecule has 0 amide bonds. The van der Waals surface area contributed by atoms with Gasteiger partial charge in [0.05, 0.1) is 5.56 Å². The molecule has 0 aliphatic heterocycles. The predicted octanol–water partition coefficient (Wildman–Crippen LogP) is 4.02. The minimum atomic E-state index is -0.515. The molecule has 1 nitrogen and oxygen atoms in total. The maximum absolute atomic E-state index is 13.1. The Balaban J connectivity index is 2.59. The van der Waals surface area contributed by atoms with E-state index in [0.29, 0.717) is 5.02 Å². The van der Waals surface area contributed by atoms with E-state index in [1.807, 2.05) is 18.2 Å². The van der Waals surface area contributed by atoms with Crippen molar-refractivity contribution in [3.63, 3.8) is 0 Å². The van der Waals surface area contributed by atoms with Crippen LogP contribution in [0.1, 0.15) is 5.56 Å². The molecule has 16 heavy (non-hydrogen) atoms. The molecule has 2 aromatic carbocycles. The van der Waals surface area contributed by atoms with Gasteiger partial charge < -0.3 is 0 Å². The summed E-state index contributed by atoms with van der Waals surface area (Å²) in [6.07, 6.45) is 0. The maximum atomic E-state index is 13.1. The summed E-state index contributed by atoms with van der Waals surface area (Å²) in [6, 6.07) is 13.4. The quantitative estimate of drug-likeness (QED) is 0.727. The lowest BCUT2D eigenvalue weighted by molar-refractivity contribution is 0.624. The molecule has 0 N–H and O–H groups in total. The van der Waals surface area contributed by atoms with Crippen LogP contribution in [0.3, 0.4) is 0 Å². The highest BCUT2D eigenvalue weighted by molar-refractivity contribution is 6.33. The van der Waals surface area contributed by atoms with Crippen molar-refractivity contribution < 1.29 is 4.39 Å². The molecule has 0 aliphatic rings. The van der Waals surface area contributed by atoms with E-state index in [4.69, 9.17) is 16.9 Å². The second kappa shape index (κ2) is 4.34. The number of hydrogen-bond donors (Lipinski definition) is 0. The zero-order valence-corrected chi connectivity index (χ0v) is 9.00. The van der Waals surface area contributed by atoms with Gasteiger partial charge in [0.2, 0.25) is 0 Å². The number of benzene rings is 2. The number of rotatable bonds is 1. The fraction of sp³-hybridized carbons (Fsp3) is 0. The minimum absolute atomic E-state index is 0.0254. The molecule has 0 atom stereocenters. The van der Waals surface area contributed by atoms with Gasteiger partial charge >= 0.3 is 0 Å². The molecule has 0 spiro atoms. The molecular formula is C13H7ClFN. The van der Waals surface area contributed by atoms with Gasteiger partial charge in [0.25, 0.3) is 0 Å². The summed E-state index contributed by atoms with van der Waals surface area (Å²) >= 11 is 6.02. The van der Waals surface area contributed by atoms with Crippen molar-refractivity contribution in [2.45, 2.75) is 0 Å². The van der Waals surface area contributed by atoms with Gasteiger partial charge in [-0.3, -0.25) is 0 Å². The molecule has 0 saturated heterocycles. The lowest BCUT2D eigenvalue weighted by atomic mass is 10.0. The molecular weight excluding hydrogens is 225 g/mol. The van der Waals surface area contributed by atoms with Gasteiger partial charge in [0, 0.05) is 10.6 Å². The monoisotopic (exact) mass is 231 g/mol. The molecule has 3 heteroatoms. The van der Waals surface area contributed by atoms with E-state index in [1.54, 1.807) is 18.2 Å². The lowest BCUT2D eigenvalue weighted by Gasteiger charge is -2.04. The molecule has 0 aromatic heterocycles. The summed E-state index contributed by atoms with van der Waals surface area (Å²) in [5, 5.41) is 9.32. The van der Waals surface area contributed by atoms with Crippen molar-refractivity contribution in [2.24, 2.45) is 0 Å². The minimum Gasteiger partial charge on any atom is -0.206 e. The van der Waals surface area contributed by atoms with E-state index >= 15 is 0 Å². The molecule has 2 rings (SSSR count). The largest absolute Gasteiger partial charge is 0.206 e. The van der Waals surface area contributed by atoms with E-state index in [2.05, 4.69) is 0 Å². The van der Waals surface area contributed by atoms with Gasteiger partial charge in [-0.15, -0.1) is 0 Å². The first-order valence-electron chi connectivity index (χ1n) is 4.67. The first-order chi connectivity index (χ1) is 7.72. The Labute approximate surface area is 97.7 Å². The van der Waals surface area contributed by atoms with Crippen molar-refractivity contribution in [1.29, 1.82) is 5.26 Å². The average molecular weight is 232 g/mol. The summed E-state index contributed by atoms with van der Waals surface area (Å²) in [7, 11) is 0. The van der Waals surface area contributed by atoms with Crippen molar-refractivity contribution in [1.82, 2.24) is 0 Å². The normalized spacial score (nSPS) is 9.81. The Morgan fingerprint density at radius 3 is 2.56 bits per heavy atom. The molecule has 2 aromatic rings. The van der Waals surface area contributed by atoms with Gasteiger partial charge in [0.15, 0.2) is 0 Å². The first-order valence-corrected chi connectivity index (χ1v) is 5.04. The summed E-state index contributed by atoms with van der Waals surface area (Å²) in [5.41, 5.74) is 1.56. The van der Waals surface area contributed by atoms with E-state index in [9.17, 15) is 4.39 Å². The third kappa shape index (κ3) is 1.91. The highest BCUT2D eigenvalue weighted by Crippen LogP contribution is 2.28. The fourth-order valence-corrected chi connectivity index (χ4v) is 1.72. The molecule has 0 radical (unpaired) electrons. The fourth-order valence-electron chi connectivity index (χ4n) is 1.47. The van der Waals surface area contributed by atoms with Crippen LogP contribution >= 0.6 is 11.6 Å². The summed E-state index contributed by atoms with van der Waals surface area (Å²) in [6.45, 7) is 0. The topological polar surface area (TPSA) is 23.8 Å². The van der Waals surface area contributed by atoms with Crippen LogP contribution in [0.5, 0.6) is 0 Å². The van der Waals surface area contributed by atoms with Crippen LogP contribution in [0.15, 0.2) is 42.5 Å². The average Bonchev–Trinajstić information content (AvgIpc) is 2.31. The summed E-state index contributed by atoms with van der Waals surface area (Å²) in [5.74, 6) is -0.515. The molecule has 0 bridgehead atoms. The van der Waals surface area contributed by atoms with Crippen molar-refractivity contribution in [2.75, 3.05) is 0 Å². The number of halogens is 2. The van der Waals surface area contributed by atoms with E-state index < -0.39 is 5.82 Å². The number of nitriles is 1. The van der Waals surface area contributed by atoms with Gasteiger partial charge in [-0.25, -0.2) is 4.39 Å². The Bertz CT molecular complexity index is 572. The van der Waals surface area contributed by atoms with Crippen LogP contribution in [-0.4, -0.2) is 0 Å². The number of hydrogen-bond acceptors (Lipinski definition) is 1. The zero-order valence-electron chi connectivity index (χ0n) is 8.24. The van der Waals surface area contributed by atoms with E-state index in [-0.39, 0.29) is 5.56 Å². The van der Waals surface area contributed by atoms with E-state index in [0.717, 1.165) is 11.1 Å². The van der Waals surface area contributed by atoms with Gasteiger partial charge in [-0.1, -0.05) is 35.9 Å². The Morgan fingerprint density at radius 2 is 1.88 bits per heavy atom. The van der Waals surface area contributed by atoms with Crippen molar-refractivity contribution >= 4 is 11.6 Å². The lowest BCUT2D eigenvalue weighted by Crippen LogP contribution is -1.86. The predicted molar refractivity (Wildman–Crippen MR) is 61.6 cm³/mol. The highest BCUT2D eigenvalue weighted by Gasteiger charge is 2.06. The second-order valence-electron chi connectivity index (χ2n) is 3.29. The summed E-state index contributed by atoms with van der Waals surface area (Å²) < 4.78 is 13.1. The van der Waals surface area contributed by atoms with Crippen LogP contribution in [-0.2, 0) is 0 Å². The standard InChI is InChI=1S/C13H7ClFN/c14-12-4-2-1-3-11(12)9-5-6-13(15)10(7-9)8-16/h1-7H. The molecule has 0 heterocycles. The molecule has 0 aliphatic carbocycles. The third-order valence-corrected chi connectivity index (χ3v) is 2.60. The molecule has 78 valence electrons. The Hall–Kier alpha value is -1.85. The van der Waals surface area contributed by atoms with Gasteiger partial charge in [0.1, 0.15) is 11.9 Å². The third-order valence-electron chi connectivity index (χ3n) is 2.27. The molecule has 0 saturated carbocycles. The van der Waals surface area contributed by atoms with E-state index in [1.165, 1.54) is 12.1 Å². The van der Waals surface area contributed by atoms with Gasteiger partial charge in [-0.05, 0) is 23.8 Å². The Kier molecular flexibility index (Phi) is 2.89. The Morgan fingerprint density at radius 1 is 1.12 bits per heavy atom. The van der Waals surface area contributed by atoms with Crippen molar-refractivity contribution in [3.05, 3.63) is 58.9 Å². The number of nitrogens with zero attached hydrogens (tertiary/aromatic N) is 1. The second-order valence-corrected chi connectivity index (χ2v) is 3.69. The highest BCUT2D eigenvalue weighted by atomic mass is 35.5. The van der Waals surface area contributed by atoms with Gasteiger partial charge in [-0.2, -0.15) is 5.26 Å². The summed E-state index contributed by atoms with van der Waals surface area (Å²) in [4.78, 5) is 0. The SMILES string of the molecule is N#Cc1cc(-c2ccccc2Cl)ccc1F. The molecule has 0 fully saturated rings. The van der Waals surface area contributed by atoms with Crippen molar-refractivity contribution in [3.8, 4) is 17.2 Å². The first kappa shape index (κ1) is 10.7. The van der Waals surface area contributed by atoms with Crippen LogP contribution in [0, 0.1) is 17.1 Å². The smallest absolute Gasteiger partial charge is 0.140 e. The van der Waals surface area contributed by atoms with Crippen LogP contribution in [0.25, 0.3) is 11.1 Å². The van der Waals surface area contributed by atoms with Crippen LogP contribution < -0.4 is 0 Å².